The summed E-state index contributed by atoms with van der Waals surface area (Å²) in [5.74, 6) is 0.253. The Morgan fingerprint density at radius 2 is 2.07 bits per heavy atom. The molecular formula is C20H26N5O4S+. The molecule has 0 fully saturated rings. The van der Waals surface area contributed by atoms with Crippen molar-refractivity contribution in [3.63, 3.8) is 0 Å². The Morgan fingerprint density at radius 1 is 1.33 bits per heavy atom. The number of imide groups is 1. The summed E-state index contributed by atoms with van der Waals surface area (Å²) in [6.45, 7) is 6.47. The minimum absolute atomic E-state index is 0.0794. The van der Waals surface area contributed by atoms with Gasteiger partial charge in [0, 0.05) is 6.42 Å². The summed E-state index contributed by atoms with van der Waals surface area (Å²) in [4.78, 5) is 47.7. The molecule has 0 saturated carbocycles. The van der Waals surface area contributed by atoms with E-state index in [9.17, 15) is 14.4 Å². The van der Waals surface area contributed by atoms with Crippen molar-refractivity contribution in [1.82, 2.24) is 10.2 Å². The molecule has 9 nitrogen and oxygen atoms in total. The van der Waals surface area contributed by atoms with E-state index in [0.29, 0.717) is 28.9 Å². The fourth-order valence-electron chi connectivity index (χ4n) is 3.08. The monoisotopic (exact) mass is 432 g/mol. The summed E-state index contributed by atoms with van der Waals surface area (Å²) >= 11 is 1.19. The molecule has 1 unspecified atom stereocenters. The average Bonchev–Trinajstić information content (AvgIpc) is 3.19. The number of aliphatic imine (C=N–C) groups is 2. The predicted molar refractivity (Wildman–Crippen MR) is 115 cm³/mol. The lowest BCUT2D eigenvalue weighted by atomic mass is 9.91. The molecule has 0 aliphatic carbocycles. The van der Waals surface area contributed by atoms with E-state index in [1.807, 2.05) is 0 Å². The first-order valence-corrected chi connectivity index (χ1v) is 10.6. The lowest BCUT2D eigenvalue weighted by Crippen LogP contribution is -2.54. The molecule has 0 aromatic carbocycles. The summed E-state index contributed by atoms with van der Waals surface area (Å²) in [5, 5.41) is 3.25. The highest BCUT2D eigenvalue weighted by Crippen LogP contribution is 2.28. The maximum atomic E-state index is 12.8. The molecule has 10 heteroatoms. The Morgan fingerprint density at radius 3 is 2.70 bits per heavy atom. The molecule has 3 heterocycles. The average molecular weight is 433 g/mol. The number of hydrogen-bond donors (Lipinski definition) is 1. The van der Waals surface area contributed by atoms with Gasteiger partial charge in [-0.3, -0.25) is 9.59 Å². The largest absolute Gasteiger partial charge is 0.467 e. The van der Waals surface area contributed by atoms with Crippen LogP contribution in [0.4, 0.5) is 4.79 Å². The molecule has 2 aliphatic rings. The number of thioether (sulfide) groups is 1. The van der Waals surface area contributed by atoms with Crippen LogP contribution in [0.5, 0.6) is 0 Å². The maximum absolute atomic E-state index is 12.8. The summed E-state index contributed by atoms with van der Waals surface area (Å²) in [5.41, 5.74) is -0.0794. The van der Waals surface area contributed by atoms with Gasteiger partial charge in [-0.05, 0) is 17.5 Å². The third kappa shape index (κ3) is 4.86. The van der Waals surface area contributed by atoms with Crippen LogP contribution in [0.2, 0.25) is 0 Å². The SMILES string of the molecule is CN1C(=O)C2C(SCC(=O)NCc3ccco3)=NC(CC(C)(C)C)=NC2=[N+](C)C1=O. The number of rotatable bonds is 5. The summed E-state index contributed by atoms with van der Waals surface area (Å²) in [6, 6.07) is 3.09. The number of hydrogen-bond acceptors (Lipinski definition) is 7. The standard InChI is InChI=1S/C20H25N5O4S/c1-20(2,3)9-13-22-16-15(18(27)25(5)19(28)24(16)4)17(23-13)30-11-14(26)21-10-12-7-6-8-29-12/h6-8,15H,9-11H2,1-5H3/p+1. The summed E-state index contributed by atoms with van der Waals surface area (Å²) < 4.78 is 6.58. The van der Waals surface area contributed by atoms with Gasteiger partial charge < -0.3 is 9.73 Å². The van der Waals surface area contributed by atoms with Crippen LogP contribution in [0, 0.1) is 11.3 Å². The van der Waals surface area contributed by atoms with Gasteiger partial charge in [-0.2, -0.15) is 9.48 Å². The van der Waals surface area contributed by atoms with Crippen molar-refractivity contribution in [3.8, 4) is 0 Å². The van der Waals surface area contributed by atoms with Crippen LogP contribution in [0.3, 0.4) is 0 Å². The van der Waals surface area contributed by atoms with Gasteiger partial charge in [-0.25, -0.2) is 9.79 Å². The number of amides is 4. The highest BCUT2D eigenvalue weighted by atomic mass is 32.2. The highest BCUT2D eigenvalue weighted by molar-refractivity contribution is 8.14. The van der Waals surface area contributed by atoms with E-state index in [1.54, 1.807) is 25.4 Å². The van der Waals surface area contributed by atoms with Gasteiger partial charge in [-0.15, -0.1) is 0 Å². The van der Waals surface area contributed by atoms with Crippen molar-refractivity contribution < 1.29 is 23.4 Å². The number of fused-ring (bicyclic) bond motifs is 1. The zero-order valence-corrected chi connectivity index (χ0v) is 18.6. The fourth-order valence-corrected chi connectivity index (χ4v) is 4.00. The topological polar surface area (TPSA) is 107 Å². The Bertz CT molecular complexity index is 956. The van der Waals surface area contributed by atoms with Crippen LogP contribution in [-0.2, 0) is 16.1 Å². The lowest BCUT2D eigenvalue weighted by Gasteiger charge is -2.27. The second-order valence-corrected chi connectivity index (χ2v) is 9.39. The molecule has 0 radical (unpaired) electrons. The minimum atomic E-state index is -0.788. The van der Waals surface area contributed by atoms with Crippen LogP contribution in [0.15, 0.2) is 32.8 Å². The van der Waals surface area contributed by atoms with Gasteiger partial charge in [0.15, 0.2) is 5.92 Å². The molecule has 1 aromatic heterocycles. The molecule has 1 aromatic rings. The second-order valence-electron chi connectivity index (χ2n) is 8.39. The number of furan rings is 1. The molecule has 30 heavy (non-hydrogen) atoms. The van der Waals surface area contributed by atoms with Crippen molar-refractivity contribution in [2.24, 2.45) is 21.3 Å². The Kier molecular flexibility index (Phi) is 6.25. The van der Waals surface area contributed by atoms with E-state index in [2.05, 4.69) is 36.1 Å². The summed E-state index contributed by atoms with van der Waals surface area (Å²) in [7, 11) is 3.03. The van der Waals surface area contributed by atoms with E-state index in [1.165, 1.54) is 23.4 Å². The fraction of sp³-hybridized carbons (Fsp3) is 0.500. The molecular weight excluding hydrogens is 406 g/mol. The van der Waals surface area contributed by atoms with E-state index in [-0.39, 0.29) is 23.6 Å². The van der Waals surface area contributed by atoms with Gasteiger partial charge in [0.1, 0.15) is 10.8 Å². The number of nitrogens with one attached hydrogen (secondary N) is 1. The summed E-state index contributed by atoms with van der Waals surface area (Å²) in [6.07, 6.45) is 2.12. The molecule has 0 spiro atoms. The zero-order valence-electron chi connectivity index (χ0n) is 17.8. The number of carbonyl (C=O) groups excluding carboxylic acids is 3. The molecule has 0 bridgehead atoms. The van der Waals surface area contributed by atoms with Gasteiger partial charge in [0.2, 0.25) is 11.7 Å². The van der Waals surface area contributed by atoms with E-state index in [0.717, 1.165) is 4.90 Å². The number of urea groups is 1. The molecule has 4 amide bonds. The van der Waals surface area contributed by atoms with Gasteiger partial charge >= 0.3 is 11.9 Å². The predicted octanol–water partition coefficient (Wildman–Crippen LogP) is 2.12. The van der Waals surface area contributed by atoms with E-state index >= 15 is 0 Å². The lowest BCUT2D eigenvalue weighted by molar-refractivity contribution is -0.407. The van der Waals surface area contributed by atoms with Crippen molar-refractivity contribution in [2.75, 3.05) is 19.8 Å². The molecule has 1 atom stereocenters. The molecule has 3 rings (SSSR count). The maximum Gasteiger partial charge on any atom is 0.445 e. The van der Waals surface area contributed by atoms with E-state index in [4.69, 9.17) is 4.42 Å². The first-order valence-electron chi connectivity index (χ1n) is 9.57. The van der Waals surface area contributed by atoms with Crippen LogP contribution in [0.1, 0.15) is 33.0 Å². The number of nitrogens with zero attached hydrogens (tertiary/aromatic N) is 4. The Hall–Kier alpha value is -2.75. The van der Waals surface area contributed by atoms with Crippen LogP contribution in [-0.4, -0.2) is 63.9 Å². The molecule has 0 saturated heterocycles. The highest BCUT2D eigenvalue weighted by Gasteiger charge is 2.49. The molecule has 160 valence electrons. The minimum Gasteiger partial charge on any atom is -0.467 e. The second kappa shape index (κ2) is 8.55. The van der Waals surface area contributed by atoms with Crippen molar-refractivity contribution in [2.45, 2.75) is 33.7 Å². The Balaban J connectivity index is 1.81. The third-order valence-electron chi connectivity index (χ3n) is 4.56. The normalized spacial score (nSPS) is 19.5. The molecule has 1 N–H and O–H groups in total. The Labute approximate surface area is 179 Å². The third-order valence-corrected chi connectivity index (χ3v) is 5.59. The number of carbonyl (C=O) groups is 3. The van der Waals surface area contributed by atoms with E-state index < -0.39 is 17.9 Å². The van der Waals surface area contributed by atoms with Gasteiger partial charge in [0.25, 0.3) is 5.84 Å². The number of amidine groups is 2. The van der Waals surface area contributed by atoms with Crippen molar-refractivity contribution in [3.05, 3.63) is 24.2 Å². The quantitative estimate of drug-likeness (QED) is 0.717. The zero-order chi connectivity index (χ0) is 22.1. The van der Waals surface area contributed by atoms with Gasteiger partial charge in [0.05, 0.1) is 32.7 Å². The van der Waals surface area contributed by atoms with Crippen molar-refractivity contribution >= 4 is 46.3 Å². The first kappa shape index (κ1) is 21.9. The first-order chi connectivity index (χ1) is 14.1. The molecule has 2 aliphatic heterocycles. The van der Waals surface area contributed by atoms with Gasteiger partial charge in [-0.1, -0.05) is 37.5 Å². The van der Waals surface area contributed by atoms with Crippen LogP contribution < -0.4 is 5.32 Å². The van der Waals surface area contributed by atoms with Crippen LogP contribution in [0.25, 0.3) is 0 Å². The smallest absolute Gasteiger partial charge is 0.445 e. The van der Waals surface area contributed by atoms with Crippen LogP contribution >= 0.6 is 11.8 Å². The van der Waals surface area contributed by atoms with Crippen molar-refractivity contribution in [1.29, 1.82) is 0 Å².